The number of nitrogens with zero attached hydrogens (tertiary/aromatic N) is 3. The molecule has 1 aromatic carbocycles. The van der Waals surface area contributed by atoms with Crippen LogP contribution in [0.2, 0.25) is 0 Å². The molecule has 0 saturated carbocycles. The summed E-state index contributed by atoms with van der Waals surface area (Å²) in [5.41, 5.74) is 1.21. The van der Waals surface area contributed by atoms with Gasteiger partial charge in [-0.05, 0) is 43.2 Å². The minimum absolute atomic E-state index is 0.00217. The molecule has 148 valence electrons. The third kappa shape index (κ3) is 3.81. The fourth-order valence-electron chi connectivity index (χ4n) is 2.89. The van der Waals surface area contributed by atoms with Crippen molar-refractivity contribution in [2.45, 2.75) is 13.3 Å². The van der Waals surface area contributed by atoms with Crippen LogP contribution in [0, 0.1) is 0 Å². The van der Waals surface area contributed by atoms with Crippen molar-refractivity contribution in [1.29, 1.82) is 0 Å². The molecule has 10 heteroatoms. The number of aryl methyl sites for hydroxylation is 1. The number of carbonyl (C=O) groups is 2. The van der Waals surface area contributed by atoms with Crippen molar-refractivity contribution in [3.05, 3.63) is 57.5 Å². The molecule has 0 atom stereocenters. The van der Waals surface area contributed by atoms with E-state index in [2.05, 4.69) is 5.10 Å². The average molecular weight is 405 g/mol. The lowest BCUT2D eigenvalue weighted by atomic mass is 10.1. The van der Waals surface area contributed by atoms with E-state index in [4.69, 9.17) is 4.74 Å². The van der Waals surface area contributed by atoms with Crippen LogP contribution in [-0.4, -0.2) is 48.9 Å². The Morgan fingerprint density at radius 3 is 2.64 bits per heavy atom. The minimum Gasteiger partial charge on any atom is -0.453 e. The molecule has 0 amide bonds. The van der Waals surface area contributed by atoms with E-state index >= 15 is 0 Å². The Morgan fingerprint density at radius 2 is 1.96 bits per heavy atom. The first-order valence-corrected chi connectivity index (χ1v) is 10.2. The first-order chi connectivity index (χ1) is 13.2. The molecule has 0 saturated heterocycles. The van der Waals surface area contributed by atoms with Gasteiger partial charge in [0.15, 0.2) is 18.1 Å². The first kappa shape index (κ1) is 19.7. The number of aromatic nitrogens is 2. The highest BCUT2D eigenvalue weighted by molar-refractivity contribution is 7.92. The molecule has 0 aliphatic carbocycles. The van der Waals surface area contributed by atoms with Crippen LogP contribution in [0.1, 0.15) is 33.3 Å². The van der Waals surface area contributed by atoms with E-state index in [1.807, 2.05) is 0 Å². The maximum absolute atomic E-state index is 12.4. The van der Waals surface area contributed by atoms with Crippen LogP contribution in [0.25, 0.3) is 0 Å². The van der Waals surface area contributed by atoms with Gasteiger partial charge in [0.2, 0.25) is 10.0 Å². The zero-order valence-electron chi connectivity index (χ0n) is 15.4. The second kappa shape index (κ2) is 7.55. The number of hydrogen-bond donors (Lipinski definition) is 0. The number of anilines is 1. The van der Waals surface area contributed by atoms with Crippen molar-refractivity contribution in [3.8, 4) is 0 Å². The van der Waals surface area contributed by atoms with Crippen LogP contribution in [0.4, 0.5) is 5.69 Å². The molecule has 0 unspecified atom stereocenters. The third-order valence-corrected chi connectivity index (χ3v) is 6.24. The largest absolute Gasteiger partial charge is 0.453 e. The van der Waals surface area contributed by atoms with Crippen LogP contribution in [0.5, 0.6) is 0 Å². The van der Waals surface area contributed by atoms with Crippen LogP contribution in [0.15, 0.2) is 35.1 Å². The topological polar surface area (TPSA) is 116 Å². The highest BCUT2D eigenvalue weighted by atomic mass is 32.2. The van der Waals surface area contributed by atoms with Crippen molar-refractivity contribution in [2.24, 2.45) is 7.05 Å². The fourth-order valence-corrected chi connectivity index (χ4v) is 4.05. The number of carbonyl (C=O) groups excluding carboxylic acids is 2. The molecule has 1 aromatic heterocycles. The Balaban J connectivity index is 1.70. The highest BCUT2D eigenvalue weighted by Crippen LogP contribution is 2.31. The summed E-state index contributed by atoms with van der Waals surface area (Å²) in [6.45, 7) is 1.44. The second-order valence-corrected chi connectivity index (χ2v) is 8.43. The lowest BCUT2D eigenvalue weighted by molar-refractivity contribution is 0.0466. The Kier molecular flexibility index (Phi) is 5.32. The van der Waals surface area contributed by atoms with Crippen molar-refractivity contribution in [3.63, 3.8) is 0 Å². The molecule has 0 radical (unpaired) electrons. The van der Waals surface area contributed by atoms with Gasteiger partial charge in [-0.1, -0.05) is 0 Å². The zero-order valence-corrected chi connectivity index (χ0v) is 16.2. The number of ketones is 1. The van der Waals surface area contributed by atoms with Gasteiger partial charge in [0.1, 0.15) is 0 Å². The average Bonchev–Trinajstić information content (AvgIpc) is 3.12. The number of ether oxygens (including phenoxy) is 1. The van der Waals surface area contributed by atoms with Crippen LogP contribution >= 0.6 is 0 Å². The lowest BCUT2D eigenvalue weighted by Crippen LogP contribution is -2.30. The molecule has 0 fully saturated rings. The predicted molar refractivity (Wildman–Crippen MR) is 101 cm³/mol. The smallest absolute Gasteiger partial charge is 0.359 e. The SMILES string of the molecule is CCS(=O)(=O)N1CCc2cc(C(=O)COC(=O)c3ccc(=O)n(C)n3)ccc21. The summed E-state index contributed by atoms with van der Waals surface area (Å²) in [7, 11) is -1.96. The molecule has 2 heterocycles. The maximum Gasteiger partial charge on any atom is 0.359 e. The molecule has 0 bridgehead atoms. The van der Waals surface area contributed by atoms with Crippen LogP contribution in [-0.2, 0) is 28.2 Å². The zero-order chi connectivity index (χ0) is 20.5. The van der Waals surface area contributed by atoms with E-state index in [1.54, 1.807) is 19.1 Å². The highest BCUT2D eigenvalue weighted by Gasteiger charge is 2.28. The number of benzene rings is 1. The molecule has 1 aliphatic heterocycles. The number of fused-ring (bicyclic) bond motifs is 1. The second-order valence-electron chi connectivity index (χ2n) is 6.25. The Labute approximate surface area is 161 Å². The van der Waals surface area contributed by atoms with E-state index in [0.29, 0.717) is 24.2 Å². The summed E-state index contributed by atoms with van der Waals surface area (Å²) >= 11 is 0. The lowest BCUT2D eigenvalue weighted by Gasteiger charge is -2.18. The minimum atomic E-state index is -3.36. The molecule has 2 aromatic rings. The van der Waals surface area contributed by atoms with Crippen molar-refractivity contribution in [1.82, 2.24) is 9.78 Å². The van der Waals surface area contributed by atoms with Gasteiger partial charge in [0, 0.05) is 25.2 Å². The molecule has 1 aliphatic rings. The Hall–Kier alpha value is -3.01. The Bertz CT molecular complexity index is 1110. The quantitative estimate of drug-likeness (QED) is 0.508. The summed E-state index contributed by atoms with van der Waals surface area (Å²) in [5.74, 6) is -1.23. The van der Waals surface area contributed by atoms with Gasteiger partial charge < -0.3 is 4.74 Å². The molecule has 28 heavy (non-hydrogen) atoms. The van der Waals surface area contributed by atoms with E-state index in [9.17, 15) is 22.8 Å². The Morgan fingerprint density at radius 1 is 1.21 bits per heavy atom. The summed E-state index contributed by atoms with van der Waals surface area (Å²) in [6.07, 6.45) is 0.511. The van der Waals surface area contributed by atoms with Gasteiger partial charge in [-0.15, -0.1) is 0 Å². The monoisotopic (exact) mass is 405 g/mol. The molecular weight excluding hydrogens is 386 g/mol. The molecule has 9 nitrogen and oxygen atoms in total. The summed E-state index contributed by atoms with van der Waals surface area (Å²) in [5, 5.41) is 3.77. The van der Waals surface area contributed by atoms with Crippen molar-refractivity contribution in [2.75, 3.05) is 23.2 Å². The fraction of sp³-hybridized carbons (Fsp3) is 0.333. The van der Waals surface area contributed by atoms with Crippen molar-refractivity contribution >= 4 is 27.5 Å². The van der Waals surface area contributed by atoms with Crippen molar-refractivity contribution < 1.29 is 22.7 Å². The van der Waals surface area contributed by atoms with Gasteiger partial charge in [-0.3, -0.25) is 13.9 Å². The maximum atomic E-state index is 12.4. The predicted octanol–water partition coefficient (Wildman–Crippen LogP) is 0.532. The van der Waals surface area contributed by atoms with Gasteiger partial charge in [-0.25, -0.2) is 17.9 Å². The van der Waals surface area contributed by atoms with Crippen LogP contribution in [0.3, 0.4) is 0 Å². The first-order valence-electron chi connectivity index (χ1n) is 8.61. The molecule has 3 rings (SSSR count). The molecule has 0 spiro atoms. The number of esters is 1. The third-order valence-electron chi connectivity index (χ3n) is 4.46. The van der Waals surface area contributed by atoms with E-state index in [-0.39, 0.29) is 17.0 Å². The van der Waals surface area contributed by atoms with Gasteiger partial charge >= 0.3 is 5.97 Å². The van der Waals surface area contributed by atoms with Gasteiger partial charge in [0.25, 0.3) is 5.56 Å². The summed E-state index contributed by atoms with van der Waals surface area (Å²) in [6, 6.07) is 7.15. The van der Waals surface area contributed by atoms with Gasteiger partial charge in [-0.2, -0.15) is 5.10 Å². The molecular formula is C18H19N3O6S. The van der Waals surface area contributed by atoms with E-state index < -0.39 is 28.4 Å². The summed E-state index contributed by atoms with van der Waals surface area (Å²) < 4.78 is 31.6. The summed E-state index contributed by atoms with van der Waals surface area (Å²) in [4.78, 5) is 35.6. The normalized spacial score (nSPS) is 13.3. The number of hydrogen-bond acceptors (Lipinski definition) is 7. The number of rotatable bonds is 6. The van der Waals surface area contributed by atoms with E-state index in [1.165, 1.54) is 29.6 Å². The van der Waals surface area contributed by atoms with Crippen LogP contribution < -0.4 is 9.86 Å². The van der Waals surface area contributed by atoms with Gasteiger partial charge in [0.05, 0.1) is 11.4 Å². The van der Waals surface area contributed by atoms with E-state index in [0.717, 1.165) is 10.2 Å². The number of Topliss-reactive ketones (excluding diaryl/α,β-unsaturated/α-hetero) is 1. The standard InChI is InChI=1S/C18H19N3O6S/c1-3-28(25,26)21-9-8-12-10-13(4-6-15(12)21)16(22)11-27-18(24)14-5-7-17(23)20(2)19-14/h4-7,10H,3,8-9,11H2,1-2H3. The number of sulfonamides is 1. The molecule has 0 N–H and O–H groups in total.